The van der Waals surface area contributed by atoms with Crippen molar-refractivity contribution in [1.82, 2.24) is 5.32 Å². The van der Waals surface area contributed by atoms with Crippen molar-refractivity contribution in [3.63, 3.8) is 0 Å². The summed E-state index contributed by atoms with van der Waals surface area (Å²) in [6.45, 7) is 0.455. The third-order valence-electron chi connectivity index (χ3n) is 2.51. The maximum atomic E-state index is 10.6. The van der Waals surface area contributed by atoms with Crippen LogP contribution in [0.1, 0.15) is 0 Å². The van der Waals surface area contributed by atoms with Crippen molar-refractivity contribution < 1.29 is 21.3 Å². The molecule has 0 aromatic heterocycles. The van der Waals surface area contributed by atoms with Crippen molar-refractivity contribution in [2.45, 2.75) is 4.90 Å². The summed E-state index contributed by atoms with van der Waals surface area (Å²) in [7, 11) is -2.74. The van der Waals surface area contributed by atoms with Gasteiger partial charge in [0.15, 0.2) is 0 Å². The second kappa shape index (κ2) is 8.64. The molecule has 2 N–H and O–H groups in total. The largest absolute Gasteiger partial charge is 0.446 e. The molecule has 0 saturated carbocycles. The number of benzene rings is 2. The van der Waals surface area contributed by atoms with Gasteiger partial charge in [-0.3, -0.25) is 9.87 Å². The fourth-order valence-corrected chi connectivity index (χ4v) is 2.43. The predicted molar refractivity (Wildman–Crippen MR) is 90.0 cm³/mol. The van der Waals surface area contributed by atoms with E-state index in [1.54, 1.807) is 7.05 Å². The highest BCUT2D eigenvalue weighted by Crippen LogP contribution is 2.27. The SMILES string of the molecule is CNCN=Nc1ccc(SOc2ccc(OS(=O)(=O)O)cc2)cc1. The number of hydrogen-bond donors (Lipinski definition) is 2. The summed E-state index contributed by atoms with van der Waals surface area (Å²) < 4.78 is 39.6. The number of nitrogens with one attached hydrogen (secondary N) is 1. The molecule has 0 saturated heterocycles. The average molecular weight is 369 g/mol. The zero-order valence-corrected chi connectivity index (χ0v) is 14.3. The van der Waals surface area contributed by atoms with E-state index in [1.807, 2.05) is 24.3 Å². The first-order valence-electron chi connectivity index (χ1n) is 6.70. The summed E-state index contributed by atoms with van der Waals surface area (Å²) in [5, 5.41) is 10.8. The molecule has 0 atom stereocenters. The van der Waals surface area contributed by atoms with Gasteiger partial charge in [-0.15, -0.1) is 0 Å². The van der Waals surface area contributed by atoms with E-state index in [2.05, 4.69) is 19.7 Å². The van der Waals surface area contributed by atoms with E-state index in [1.165, 1.54) is 24.3 Å². The highest BCUT2D eigenvalue weighted by atomic mass is 32.3. The Bertz CT molecular complexity index is 777. The molecule has 0 unspecified atom stereocenters. The van der Waals surface area contributed by atoms with Crippen LogP contribution in [0.5, 0.6) is 11.5 Å². The zero-order chi connectivity index (χ0) is 17.4. The molecule has 0 fully saturated rings. The topological polar surface area (TPSA) is 110 Å². The van der Waals surface area contributed by atoms with Crippen LogP contribution >= 0.6 is 12.0 Å². The molecule has 0 amide bonds. The normalized spacial score (nSPS) is 11.6. The fourth-order valence-electron chi connectivity index (χ4n) is 1.52. The molecular weight excluding hydrogens is 354 g/mol. The van der Waals surface area contributed by atoms with E-state index in [9.17, 15) is 8.42 Å². The Morgan fingerprint density at radius 1 is 1.08 bits per heavy atom. The molecule has 2 aromatic carbocycles. The van der Waals surface area contributed by atoms with E-state index < -0.39 is 10.4 Å². The quantitative estimate of drug-likeness (QED) is 0.418. The van der Waals surface area contributed by atoms with Crippen LogP contribution in [0.2, 0.25) is 0 Å². The van der Waals surface area contributed by atoms with Gasteiger partial charge in [-0.1, -0.05) is 0 Å². The average Bonchev–Trinajstić information content (AvgIpc) is 2.54. The molecule has 0 bridgehead atoms. The van der Waals surface area contributed by atoms with Crippen LogP contribution in [0.4, 0.5) is 5.69 Å². The van der Waals surface area contributed by atoms with Crippen LogP contribution in [0, 0.1) is 0 Å². The van der Waals surface area contributed by atoms with Gasteiger partial charge in [0.25, 0.3) is 0 Å². The Morgan fingerprint density at radius 2 is 1.71 bits per heavy atom. The van der Waals surface area contributed by atoms with Crippen LogP contribution in [-0.2, 0) is 10.4 Å². The third kappa shape index (κ3) is 6.54. The number of nitrogens with zero attached hydrogens (tertiary/aromatic N) is 2. The van der Waals surface area contributed by atoms with Crippen LogP contribution in [0.25, 0.3) is 0 Å². The van der Waals surface area contributed by atoms with Crippen molar-refractivity contribution in [2.75, 3.05) is 13.7 Å². The molecule has 128 valence electrons. The van der Waals surface area contributed by atoms with Crippen molar-refractivity contribution in [1.29, 1.82) is 0 Å². The van der Waals surface area contributed by atoms with E-state index >= 15 is 0 Å². The van der Waals surface area contributed by atoms with Gasteiger partial charge in [0.05, 0.1) is 17.7 Å². The third-order valence-corrected chi connectivity index (χ3v) is 3.65. The summed E-state index contributed by atoms with van der Waals surface area (Å²) in [6.07, 6.45) is 0. The minimum absolute atomic E-state index is 0.00821. The van der Waals surface area contributed by atoms with Crippen molar-refractivity contribution in [3.05, 3.63) is 48.5 Å². The van der Waals surface area contributed by atoms with Gasteiger partial charge in [0.1, 0.15) is 18.2 Å². The number of rotatable bonds is 8. The second-order valence-electron chi connectivity index (χ2n) is 4.40. The summed E-state index contributed by atoms with van der Waals surface area (Å²) in [6, 6.07) is 13.1. The molecule has 0 aliphatic heterocycles. The summed E-state index contributed by atoms with van der Waals surface area (Å²) in [5.74, 6) is 0.492. The molecule has 0 spiro atoms. The Hall–Kier alpha value is -2.14. The first-order chi connectivity index (χ1) is 11.5. The molecular formula is C14H15N3O5S2. The van der Waals surface area contributed by atoms with Gasteiger partial charge in [-0.05, 0) is 55.6 Å². The summed E-state index contributed by atoms with van der Waals surface area (Å²) in [5.41, 5.74) is 0.737. The lowest BCUT2D eigenvalue weighted by Gasteiger charge is -2.05. The van der Waals surface area contributed by atoms with Crippen molar-refractivity contribution in [3.8, 4) is 11.5 Å². The first kappa shape index (κ1) is 18.2. The Kier molecular flexibility index (Phi) is 6.55. The van der Waals surface area contributed by atoms with E-state index in [0.29, 0.717) is 12.4 Å². The van der Waals surface area contributed by atoms with Gasteiger partial charge in [-0.25, -0.2) is 0 Å². The fraction of sp³-hybridized carbons (Fsp3) is 0.143. The summed E-state index contributed by atoms with van der Waals surface area (Å²) in [4.78, 5) is 0.862. The Morgan fingerprint density at radius 3 is 2.29 bits per heavy atom. The van der Waals surface area contributed by atoms with Gasteiger partial charge in [0, 0.05) is 4.90 Å². The lowest BCUT2D eigenvalue weighted by atomic mass is 10.3. The van der Waals surface area contributed by atoms with Gasteiger partial charge in [0.2, 0.25) is 0 Å². The second-order valence-corrected chi connectivity index (χ2v) is 6.22. The van der Waals surface area contributed by atoms with E-state index in [-0.39, 0.29) is 5.75 Å². The summed E-state index contributed by atoms with van der Waals surface area (Å²) >= 11 is 1.14. The maximum absolute atomic E-state index is 10.6. The van der Waals surface area contributed by atoms with Crippen LogP contribution in [0.3, 0.4) is 0 Å². The van der Waals surface area contributed by atoms with Crippen molar-refractivity contribution in [2.24, 2.45) is 10.2 Å². The Balaban J connectivity index is 1.89. The maximum Gasteiger partial charge on any atom is 0.446 e. The minimum atomic E-state index is -4.52. The van der Waals surface area contributed by atoms with Gasteiger partial charge < -0.3 is 8.37 Å². The molecule has 10 heteroatoms. The molecule has 2 aromatic rings. The van der Waals surface area contributed by atoms with E-state index in [4.69, 9.17) is 8.74 Å². The predicted octanol–water partition coefficient (Wildman–Crippen LogP) is 3.21. The lowest BCUT2D eigenvalue weighted by molar-refractivity contribution is 0.386. The van der Waals surface area contributed by atoms with Gasteiger partial charge in [-0.2, -0.15) is 18.6 Å². The minimum Gasteiger partial charge on any atom is -0.421 e. The zero-order valence-electron chi connectivity index (χ0n) is 12.6. The molecule has 0 heterocycles. The molecule has 2 rings (SSSR count). The molecule has 0 radical (unpaired) electrons. The lowest BCUT2D eigenvalue weighted by Crippen LogP contribution is -2.06. The Labute approximate surface area is 144 Å². The van der Waals surface area contributed by atoms with Crippen LogP contribution in [0.15, 0.2) is 63.7 Å². The monoisotopic (exact) mass is 369 g/mol. The van der Waals surface area contributed by atoms with Crippen LogP contribution in [-0.4, -0.2) is 26.7 Å². The molecule has 0 aliphatic carbocycles. The van der Waals surface area contributed by atoms with Crippen LogP contribution < -0.4 is 13.7 Å². The molecule has 24 heavy (non-hydrogen) atoms. The first-order valence-corrected chi connectivity index (χ1v) is 8.80. The van der Waals surface area contributed by atoms with Gasteiger partial charge >= 0.3 is 10.4 Å². The number of hydrogen-bond acceptors (Lipinski definition) is 8. The van der Waals surface area contributed by atoms with E-state index in [0.717, 1.165) is 22.6 Å². The molecule has 0 aliphatic rings. The smallest absolute Gasteiger partial charge is 0.421 e. The highest BCUT2D eigenvalue weighted by Gasteiger charge is 2.07. The molecule has 8 nitrogen and oxygen atoms in total. The highest BCUT2D eigenvalue weighted by molar-refractivity contribution is 7.95. The standard InChI is InChI=1S/C14H15N3O5S2/c1-15-10-16-17-11-2-8-14(9-3-11)23-21-12-4-6-13(7-5-12)22-24(18,19)20/h2-9,15H,10H2,1H3,(H,18,19,20). The number of azo groups is 1. The van der Waals surface area contributed by atoms with Crippen molar-refractivity contribution >= 4 is 28.1 Å².